The Balaban J connectivity index is 2.80. The zero-order chi connectivity index (χ0) is 11.0. The van der Waals surface area contributed by atoms with Crippen LogP contribution in [0.5, 0.6) is 0 Å². The van der Waals surface area contributed by atoms with E-state index in [1.54, 1.807) is 0 Å². The number of hydrogen-bond acceptors (Lipinski definition) is 1. The first-order valence-corrected chi connectivity index (χ1v) is 5.42. The molecule has 0 aliphatic carbocycles. The maximum Gasteiger partial charge on any atom is 0.0833 e. The van der Waals surface area contributed by atoms with Gasteiger partial charge in [0.1, 0.15) is 0 Å². The van der Waals surface area contributed by atoms with Crippen molar-refractivity contribution >= 4 is 22.5 Å². The molecule has 2 rings (SSSR count). The molecule has 1 aromatic carbocycles. The molecule has 0 bridgehead atoms. The molecular weight excluding hydrogens is 210 g/mol. The third kappa shape index (κ3) is 1.64. The Hall–Kier alpha value is -0.990. The highest BCUT2D eigenvalue weighted by Gasteiger charge is 2.11. The van der Waals surface area contributed by atoms with Gasteiger partial charge < -0.3 is 9.67 Å². The molecule has 0 saturated heterocycles. The minimum absolute atomic E-state index is 0.0448. The average molecular weight is 224 g/mol. The molecule has 1 aromatic heterocycles. The predicted molar refractivity (Wildman–Crippen MR) is 63.3 cm³/mol. The lowest BCUT2D eigenvalue weighted by Crippen LogP contribution is -2.04. The van der Waals surface area contributed by atoms with E-state index in [-0.39, 0.29) is 6.61 Å². The summed E-state index contributed by atoms with van der Waals surface area (Å²) in [6.45, 7) is 4.24. The van der Waals surface area contributed by atoms with Crippen LogP contribution >= 0.6 is 11.6 Å². The summed E-state index contributed by atoms with van der Waals surface area (Å²) in [6.07, 6.45) is 0. The Morgan fingerprint density at radius 2 is 2.13 bits per heavy atom. The molecular formula is C12H14ClNO. The fraction of sp³-hybridized carbons (Fsp3) is 0.333. The number of rotatable bonds is 2. The van der Waals surface area contributed by atoms with Crippen molar-refractivity contribution in [3.8, 4) is 0 Å². The smallest absolute Gasteiger partial charge is 0.0833 e. The number of halogens is 1. The minimum atomic E-state index is 0.0448. The topological polar surface area (TPSA) is 25.2 Å². The van der Waals surface area contributed by atoms with Crippen molar-refractivity contribution in [2.45, 2.75) is 26.5 Å². The Morgan fingerprint density at radius 1 is 1.40 bits per heavy atom. The van der Waals surface area contributed by atoms with Crippen LogP contribution in [0.3, 0.4) is 0 Å². The van der Waals surface area contributed by atoms with Crippen LogP contribution < -0.4 is 0 Å². The maximum absolute atomic E-state index is 9.30. The van der Waals surface area contributed by atoms with Crippen LogP contribution in [0.1, 0.15) is 25.6 Å². The van der Waals surface area contributed by atoms with Crippen molar-refractivity contribution in [2.24, 2.45) is 0 Å². The van der Waals surface area contributed by atoms with Crippen LogP contribution in [0.4, 0.5) is 0 Å². The summed E-state index contributed by atoms with van der Waals surface area (Å²) in [5.74, 6) is 0. The number of aliphatic hydroxyl groups excluding tert-OH is 1. The van der Waals surface area contributed by atoms with E-state index < -0.39 is 0 Å². The first kappa shape index (κ1) is 10.5. The Labute approximate surface area is 94.1 Å². The summed E-state index contributed by atoms with van der Waals surface area (Å²) in [7, 11) is 0. The highest BCUT2D eigenvalue weighted by atomic mass is 35.5. The summed E-state index contributed by atoms with van der Waals surface area (Å²) in [6, 6.07) is 8.11. The molecule has 0 aliphatic heterocycles. The van der Waals surface area contributed by atoms with E-state index in [4.69, 9.17) is 11.6 Å². The van der Waals surface area contributed by atoms with Crippen LogP contribution in [0, 0.1) is 0 Å². The molecule has 80 valence electrons. The van der Waals surface area contributed by atoms with Crippen LogP contribution in [0.2, 0.25) is 5.02 Å². The summed E-state index contributed by atoms with van der Waals surface area (Å²) < 4.78 is 2.11. The van der Waals surface area contributed by atoms with E-state index in [9.17, 15) is 5.11 Å². The second-order valence-electron chi connectivity index (χ2n) is 3.93. The van der Waals surface area contributed by atoms with Gasteiger partial charge in [-0.15, -0.1) is 0 Å². The monoisotopic (exact) mass is 223 g/mol. The fourth-order valence-corrected chi connectivity index (χ4v) is 2.23. The van der Waals surface area contributed by atoms with Gasteiger partial charge in [0.05, 0.1) is 12.1 Å². The lowest BCUT2D eigenvalue weighted by atomic mass is 10.2. The standard InChI is InChI=1S/C12H14ClNO/c1-8(2)14-9(7-15)6-10-11(13)4-3-5-12(10)14/h3-6,8,15H,7H2,1-2H3. The number of fused-ring (bicyclic) bond motifs is 1. The molecule has 0 spiro atoms. The number of hydrogen-bond donors (Lipinski definition) is 1. The molecule has 2 nitrogen and oxygen atoms in total. The summed E-state index contributed by atoms with van der Waals surface area (Å²) >= 11 is 6.11. The molecule has 0 fully saturated rings. The van der Waals surface area contributed by atoms with Gasteiger partial charge in [-0.1, -0.05) is 17.7 Å². The van der Waals surface area contributed by atoms with Gasteiger partial charge in [0, 0.05) is 22.1 Å². The van der Waals surface area contributed by atoms with Crippen molar-refractivity contribution in [1.82, 2.24) is 4.57 Å². The zero-order valence-electron chi connectivity index (χ0n) is 8.87. The highest BCUT2D eigenvalue weighted by Crippen LogP contribution is 2.29. The van der Waals surface area contributed by atoms with Gasteiger partial charge in [-0.3, -0.25) is 0 Å². The molecule has 3 heteroatoms. The fourth-order valence-electron chi connectivity index (χ4n) is 2.00. The lowest BCUT2D eigenvalue weighted by molar-refractivity contribution is 0.269. The molecule has 0 atom stereocenters. The predicted octanol–water partition coefficient (Wildman–Crippen LogP) is 3.37. The van der Waals surface area contributed by atoms with E-state index in [1.165, 1.54) is 0 Å². The molecule has 0 radical (unpaired) electrons. The van der Waals surface area contributed by atoms with Crippen LogP contribution in [-0.4, -0.2) is 9.67 Å². The first-order chi connectivity index (χ1) is 7.15. The quantitative estimate of drug-likeness (QED) is 0.830. The highest BCUT2D eigenvalue weighted by molar-refractivity contribution is 6.35. The SMILES string of the molecule is CC(C)n1c(CO)cc2c(Cl)cccc21. The van der Waals surface area contributed by atoms with Gasteiger partial charge in [0.25, 0.3) is 0 Å². The molecule has 0 amide bonds. The summed E-state index contributed by atoms with van der Waals surface area (Å²) in [5, 5.41) is 11.0. The van der Waals surface area contributed by atoms with E-state index >= 15 is 0 Å². The van der Waals surface area contributed by atoms with Crippen molar-refractivity contribution in [2.75, 3.05) is 0 Å². The van der Waals surface area contributed by atoms with Crippen molar-refractivity contribution in [3.05, 3.63) is 35.0 Å². The molecule has 0 saturated carbocycles. The Kier molecular flexibility index (Phi) is 2.72. The summed E-state index contributed by atoms with van der Waals surface area (Å²) in [4.78, 5) is 0. The van der Waals surface area contributed by atoms with Crippen molar-refractivity contribution in [1.29, 1.82) is 0 Å². The largest absolute Gasteiger partial charge is 0.390 e. The van der Waals surface area contributed by atoms with Crippen molar-refractivity contribution < 1.29 is 5.11 Å². The van der Waals surface area contributed by atoms with E-state index in [0.717, 1.165) is 21.6 Å². The Bertz CT molecular complexity index is 488. The van der Waals surface area contributed by atoms with Gasteiger partial charge in [0.2, 0.25) is 0 Å². The van der Waals surface area contributed by atoms with Crippen LogP contribution in [0.15, 0.2) is 24.3 Å². The molecule has 2 aromatic rings. The van der Waals surface area contributed by atoms with Gasteiger partial charge in [-0.2, -0.15) is 0 Å². The van der Waals surface area contributed by atoms with E-state index in [1.807, 2.05) is 24.3 Å². The van der Waals surface area contributed by atoms with Gasteiger partial charge >= 0.3 is 0 Å². The third-order valence-corrected chi connectivity index (χ3v) is 2.92. The van der Waals surface area contributed by atoms with E-state index in [2.05, 4.69) is 18.4 Å². The molecule has 0 unspecified atom stereocenters. The normalized spacial score (nSPS) is 11.5. The molecule has 1 N–H and O–H groups in total. The minimum Gasteiger partial charge on any atom is -0.390 e. The molecule has 15 heavy (non-hydrogen) atoms. The van der Waals surface area contributed by atoms with Gasteiger partial charge in [0.15, 0.2) is 0 Å². The third-order valence-electron chi connectivity index (χ3n) is 2.59. The van der Waals surface area contributed by atoms with E-state index in [0.29, 0.717) is 6.04 Å². The second-order valence-corrected chi connectivity index (χ2v) is 4.34. The number of aliphatic hydroxyl groups is 1. The number of nitrogens with zero attached hydrogens (tertiary/aromatic N) is 1. The second kappa shape index (κ2) is 3.87. The van der Waals surface area contributed by atoms with Crippen molar-refractivity contribution in [3.63, 3.8) is 0 Å². The lowest BCUT2D eigenvalue weighted by Gasteiger charge is -2.13. The first-order valence-electron chi connectivity index (χ1n) is 5.04. The Morgan fingerprint density at radius 3 is 2.73 bits per heavy atom. The van der Waals surface area contributed by atoms with Gasteiger partial charge in [-0.05, 0) is 32.0 Å². The van der Waals surface area contributed by atoms with Crippen LogP contribution in [-0.2, 0) is 6.61 Å². The van der Waals surface area contributed by atoms with Crippen LogP contribution in [0.25, 0.3) is 10.9 Å². The number of aromatic nitrogens is 1. The molecule has 0 aliphatic rings. The number of benzene rings is 1. The zero-order valence-corrected chi connectivity index (χ0v) is 9.62. The molecule has 1 heterocycles. The maximum atomic E-state index is 9.30. The van der Waals surface area contributed by atoms with Gasteiger partial charge in [-0.25, -0.2) is 0 Å². The summed E-state index contributed by atoms with van der Waals surface area (Å²) in [5.41, 5.74) is 2.00. The average Bonchev–Trinajstić information content (AvgIpc) is 2.57.